The van der Waals surface area contributed by atoms with Crippen LogP contribution in [0.3, 0.4) is 0 Å². The quantitative estimate of drug-likeness (QED) is 0.517. The molecular formula is C22H37N5O. The second-order valence-electron chi connectivity index (χ2n) is 9.10. The lowest BCUT2D eigenvalue weighted by atomic mass is 9.94. The molecule has 0 saturated carbocycles. The van der Waals surface area contributed by atoms with Crippen LogP contribution in [-0.2, 0) is 17.8 Å². The van der Waals surface area contributed by atoms with E-state index in [-0.39, 0.29) is 23.5 Å². The van der Waals surface area contributed by atoms with Crippen LogP contribution in [-0.4, -0.2) is 54.0 Å². The summed E-state index contributed by atoms with van der Waals surface area (Å²) >= 11 is 0. The molecule has 0 atom stereocenters. The van der Waals surface area contributed by atoms with Crippen molar-refractivity contribution >= 4 is 11.9 Å². The minimum atomic E-state index is -0.245. The van der Waals surface area contributed by atoms with Gasteiger partial charge in [0, 0.05) is 37.3 Å². The molecule has 1 aromatic carbocycles. The molecule has 0 spiro atoms. The minimum absolute atomic E-state index is 0.0304. The molecule has 28 heavy (non-hydrogen) atoms. The van der Waals surface area contributed by atoms with Gasteiger partial charge in [-0.15, -0.1) is 0 Å². The van der Waals surface area contributed by atoms with Gasteiger partial charge in [0.05, 0.1) is 0 Å². The van der Waals surface area contributed by atoms with Crippen LogP contribution in [0.1, 0.15) is 52.7 Å². The summed E-state index contributed by atoms with van der Waals surface area (Å²) in [5.41, 5.74) is 2.60. The monoisotopic (exact) mass is 387 g/mol. The highest BCUT2D eigenvalue weighted by Crippen LogP contribution is 2.24. The van der Waals surface area contributed by atoms with Gasteiger partial charge in [-0.2, -0.15) is 0 Å². The third-order valence-electron chi connectivity index (χ3n) is 4.91. The number of rotatable bonds is 6. The van der Waals surface area contributed by atoms with Gasteiger partial charge in [0.15, 0.2) is 5.96 Å². The number of fused-ring (bicyclic) bond motifs is 1. The Labute approximate surface area is 170 Å². The fourth-order valence-electron chi connectivity index (χ4n) is 3.37. The van der Waals surface area contributed by atoms with Crippen LogP contribution in [0, 0.1) is 0 Å². The van der Waals surface area contributed by atoms with Crippen LogP contribution in [0.5, 0.6) is 0 Å². The largest absolute Gasteiger partial charge is 0.357 e. The summed E-state index contributed by atoms with van der Waals surface area (Å²) in [4.78, 5) is 19.0. The van der Waals surface area contributed by atoms with Crippen molar-refractivity contribution in [2.75, 3.05) is 26.2 Å². The maximum Gasteiger partial charge on any atom is 0.242 e. The van der Waals surface area contributed by atoms with Crippen molar-refractivity contribution in [1.82, 2.24) is 20.9 Å². The van der Waals surface area contributed by atoms with Gasteiger partial charge in [0.1, 0.15) is 6.54 Å². The average molecular weight is 388 g/mol. The van der Waals surface area contributed by atoms with Gasteiger partial charge in [-0.1, -0.05) is 24.3 Å². The number of aliphatic imine (C=N–C) groups is 1. The van der Waals surface area contributed by atoms with Crippen molar-refractivity contribution in [2.45, 2.75) is 65.6 Å². The van der Waals surface area contributed by atoms with Crippen molar-refractivity contribution in [3.8, 4) is 0 Å². The van der Waals surface area contributed by atoms with Gasteiger partial charge < -0.3 is 16.0 Å². The molecule has 3 N–H and O–H groups in total. The molecule has 1 aliphatic rings. The number of hydrogen-bond acceptors (Lipinski definition) is 3. The summed E-state index contributed by atoms with van der Waals surface area (Å²) < 4.78 is 0. The Hall–Kier alpha value is -2.08. The summed E-state index contributed by atoms with van der Waals surface area (Å²) in [7, 11) is 0. The van der Waals surface area contributed by atoms with E-state index >= 15 is 0 Å². The molecule has 1 aliphatic heterocycles. The van der Waals surface area contributed by atoms with Crippen molar-refractivity contribution in [1.29, 1.82) is 0 Å². The SMILES string of the molecule is CCNC(=NCC(=O)NC(C)(C)C)NCC(C)(C)N1CCc2ccccc2C1. The number of carbonyl (C=O) groups excluding carboxylic acids is 1. The van der Waals surface area contributed by atoms with E-state index in [4.69, 9.17) is 0 Å². The summed E-state index contributed by atoms with van der Waals surface area (Å²) in [6.07, 6.45) is 1.08. The predicted molar refractivity (Wildman–Crippen MR) is 117 cm³/mol. The molecule has 2 rings (SSSR count). The lowest BCUT2D eigenvalue weighted by Crippen LogP contribution is -2.54. The van der Waals surface area contributed by atoms with E-state index in [2.05, 4.69) is 64.0 Å². The smallest absolute Gasteiger partial charge is 0.242 e. The number of nitrogens with one attached hydrogen (secondary N) is 3. The fourth-order valence-corrected chi connectivity index (χ4v) is 3.37. The number of guanidine groups is 1. The van der Waals surface area contributed by atoms with E-state index in [9.17, 15) is 4.79 Å². The van der Waals surface area contributed by atoms with E-state index in [1.807, 2.05) is 27.7 Å². The molecule has 0 aromatic heterocycles. The Balaban J connectivity index is 1.94. The first kappa shape index (κ1) is 22.2. The molecule has 0 bridgehead atoms. The Kier molecular flexibility index (Phi) is 7.47. The Morgan fingerprint density at radius 1 is 1.11 bits per heavy atom. The van der Waals surface area contributed by atoms with Crippen molar-refractivity contribution in [3.05, 3.63) is 35.4 Å². The second kappa shape index (κ2) is 9.41. The van der Waals surface area contributed by atoms with E-state index in [1.54, 1.807) is 0 Å². The zero-order chi connectivity index (χ0) is 20.8. The lowest BCUT2D eigenvalue weighted by molar-refractivity contribution is -0.121. The summed E-state index contributed by atoms with van der Waals surface area (Å²) in [6.45, 7) is 16.1. The first-order valence-corrected chi connectivity index (χ1v) is 10.3. The Bertz CT molecular complexity index is 690. The third-order valence-corrected chi connectivity index (χ3v) is 4.91. The van der Waals surface area contributed by atoms with Crippen LogP contribution < -0.4 is 16.0 Å². The van der Waals surface area contributed by atoms with Crippen molar-refractivity contribution in [2.24, 2.45) is 4.99 Å². The van der Waals surface area contributed by atoms with E-state index < -0.39 is 0 Å². The minimum Gasteiger partial charge on any atom is -0.357 e. The first-order chi connectivity index (χ1) is 13.1. The molecule has 1 aromatic rings. The number of amides is 1. The highest BCUT2D eigenvalue weighted by molar-refractivity contribution is 5.85. The number of benzene rings is 1. The molecule has 156 valence electrons. The molecule has 0 unspecified atom stereocenters. The molecule has 1 heterocycles. The van der Waals surface area contributed by atoms with Crippen LogP contribution in [0.25, 0.3) is 0 Å². The summed E-state index contributed by atoms with van der Waals surface area (Å²) in [5.74, 6) is 0.605. The molecule has 6 heteroatoms. The highest BCUT2D eigenvalue weighted by atomic mass is 16.2. The van der Waals surface area contributed by atoms with Gasteiger partial charge in [0.25, 0.3) is 0 Å². The Morgan fingerprint density at radius 2 is 1.79 bits per heavy atom. The average Bonchev–Trinajstić information content (AvgIpc) is 2.62. The summed E-state index contributed by atoms with van der Waals surface area (Å²) in [6, 6.07) is 8.70. The normalized spacial score (nSPS) is 15.7. The standard InChI is InChI=1S/C22H37N5O/c1-7-23-20(24-14-19(28)26-21(2,3)4)25-16-22(5,6)27-13-12-17-10-8-9-11-18(17)15-27/h8-11H,7,12-16H2,1-6H3,(H,26,28)(H2,23,24,25). The first-order valence-electron chi connectivity index (χ1n) is 10.3. The van der Waals surface area contributed by atoms with Crippen LogP contribution in [0.2, 0.25) is 0 Å². The zero-order valence-electron chi connectivity index (χ0n) is 18.4. The highest BCUT2D eigenvalue weighted by Gasteiger charge is 2.29. The molecule has 1 amide bonds. The predicted octanol–water partition coefficient (Wildman–Crippen LogP) is 2.29. The third kappa shape index (κ3) is 6.82. The van der Waals surface area contributed by atoms with E-state index in [0.717, 1.165) is 32.6 Å². The van der Waals surface area contributed by atoms with Crippen LogP contribution in [0.15, 0.2) is 29.3 Å². The number of nitrogens with zero attached hydrogens (tertiary/aromatic N) is 2. The maximum atomic E-state index is 12.1. The van der Waals surface area contributed by atoms with Crippen LogP contribution in [0.4, 0.5) is 0 Å². The summed E-state index contributed by atoms with van der Waals surface area (Å²) in [5, 5.41) is 9.59. The fraction of sp³-hybridized carbons (Fsp3) is 0.636. The molecule has 6 nitrogen and oxygen atoms in total. The Morgan fingerprint density at radius 3 is 2.43 bits per heavy atom. The zero-order valence-corrected chi connectivity index (χ0v) is 18.4. The van der Waals surface area contributed by atoms with Gasteiger partial charge in [-0.05, 0) is 59.1 Å². The van der Waals surface area contributed by atoms with Crippen molar-refractivity contribution in [3.63, 3.8) is 0 Å². The molecule has 0 fully saturated rings. The lowest BCUT2D eigenvalue weighted by Gasteiger charge is -2.42. The molecule has 0 aliphatic carbocycles. The second-order valence-corrected chi connectivity index (χ2v) is 9.10. The molecule has 0 saturated heterocycles. The van der Waals surface area contributed by atoms with Crippen molar-refractivity contribution < 1.29 is 4.79 Å². The van der Waals surface area contributed by atoms with Gasteiger partial charge in [0.2, 0.25) is 5.91 Å². The molecular weight excluding hydrogens is 350 g/mol. The van der Waals surface area contributed by atoms with Crippen LogP contribution >= 0.6 is 0 Å². The van der Waals surface area contributed by atoms with Gasteiger partial charge in [-0.25, -0.2) is 4.99 Å². The topological polar surface area (TPSA) is 68.8 Å². The number of carbonyl (C=O) groups is 1. The van der Waals surface area contributed by atoms with Gasteiger partial charge in [-0.3, -0.25) is 9.69 Å². The van der Waals surface area contributed by atoms with E-state index in [1.165, 1.54) is 11.1 Å². The van der Waals surface area contributed by atoms with E-state index in [0.29, 0.717) is 5.96 Å². The van der Waals surface area contributed by atoms with Gasteiger partial charge >= 0.3 is 0 Å². The number of hydrogen-bond donors (Lipinski definition) is 3. The maximum absolute atomic E-state index is 12.1. The molecule has 0 radical (unpaired) electrons.